The van der Waals surface area contributed by atoms with Crippen molar-refractivity contribution in [1.29, 1.82) is 0 Å². The lowest BCUT2D eigenvalue weighted by atomic mass is 10.1. The average molecular weight is 262 g/mol. The zero-order chi connectivity index (χ0) is 12.9. The number of hydrogen-bond donors (Lipinski definition) is 2. The topological polar surface area (TPSA) is 42.5 Å². The summed E-state index contributed by atoms with van der Waals surface area (Å²) in [6.45, 7) is 8.28. The Morgan fingerprint density at radius 3 is 2.47 bits per heavy atom. The van der Waals surface area contributed by atoms with Crippen LogP contribution in [0.2, 0.25) is 0 Å². The van der Waals surface area contributed by atoms with Crippen molar-refractivity contribution in [3.8, 4) is 0 Å². The molecule has 0 heterocycles. The molecule has 0 atom stereocenters. The van der Waals surface area contributed by atoms with E-state index >= 15 is 0 Å². The van der Waals surface area contributed by atoms with Gasteiger partial charge in [0.2, 0.25) is 0 Å². The molecule has 2 N–H and O–H groups in total. The molecule has 5 heteroatoms. The number of ether oxygens (including phenoxy) is 2. The quantitative estimate of drug-likeness (QED) is 0.462. The predicted molar refractivity (Wildman–Crippen MR) is 75.4 cm³/mol. The van der Waals surface area contributed by atoms with E-state index in [-0.39, 0.29) is 0 Å². The molecule has 0 bridgehead atoms. The molecule has 0 aromatic rings. The van der Waals surface area contributed by atoms with Crippen molar-refractivity contribution in [2.45, 2.75) is 26.7 Å². The third-order valence-corrected chi connectivity index (χ3v) is 2.47. The van der Waals surface area contributed by atoms with Gasteiger partial charge in [-0.2, -0.15) is 0 Å². The van der Waals surface area contributed by atoms with Gasteiger partial charge in [-0.05, 0) is 31.0 Å². The molecule has 4 nitrogen and oxygen atoms in total. The average Bonchev–Trinajstić information content (AvgIpc) is 2.29. The van der Waals surface area contributed by atoms with Gasteiger partial charge < -0.3 is 20.1 Å². The maximum absolute atomic E-state index is 5.47. The van der Waals surface area contributed by atoms with E-state index in [1.165, 1.54) is 0 Å². The van der Waals surface area contributed by atoms with Gasteiger partial charge in [0.15, 0.2) is 5.11 Å². The molecule has 0 amide bonds. The lowest BCUT2D eigenvalue weighted by Gasteiger charge is -2.11. The third kappa shape index (κ3) is 13.5. The van der Waals surface area contributed by atoms with Crippen LogP contribution in [-0.4, -0.2) is 45.1 Å². The van der Waals surface area contributed by atoms with E-state index in [2.05, 4.69) is 24.5 Å². The molecule has 102 valence electrons. The Labute approximate surface area is 110 Å². The van der Waals surface area contributed by atoms with Crippen molar-refractivity contribution in [2.75, 3.05) is 40.0 Å². The standard InChI is InChI=1S/C12H26N2O2S/c1-11(2)5-9-16-10-7-14-12(17)13-6-4-8-15-3/h11H,4-10H2,1-3H3,(H2,13,14,17). The zero-order valence-corrected chi connectivity index (χ0v) is 12.1. The molecule has 17 heavy (non-hydrogen) atoms. The lowest BCUT2D eigenvalue weighted by Crippen LogP contribution is -2.37. The van der Waals surface area contributed by atoms with Gasteiger partial charge in [-0.15, -0.1) is 0 Å². The largest absolute Gasteiger partial charge is 0.385 e. The van der Waals surface area contributed by atoms with Gasteiger partial charge in [0, 0.05) is 33.4 Å². The fourth-order valence-corrected chi connectivity index (χ4v) is 1.34. The minimum Gasteiger partial charge on any atom is -0.385 e. The Bertz CT molecular complexity index is 189. The van der Waals surface area contributed by atoms with Crippen LogP contribution in [0.3, 0.4) is 0 Å². The molecule has 0 aliphatic rings. The van der Waals surface area contributed by atoms with Crippen molar-refractivity contribution in [3.05, 3.63) is 0 Å². The van der Waals surface area contributed by atoms with Crippen LogP contribution in [0.1, 0.15) is 26.7 Å². The second kappa shape index (κ2) is 12.1. The van der Waals surface area contributed by atoms with Crippen LogP contribution >= 0.6 is 12.2 Å². The molecule has 0 saturated heterocycles. The normalized spacial score (nSPS) is 10.6. The SMILES string of the molecule is COCCCNC(=S)NCCOCCC(C)C. The van der Waals surface area contributed by atoms with E-state index < -0.39 is 0 Å². The third-order valence-electron chi connectivity index (χ3n) is 2.18. The first-order chi connectivity index (χ1) is 8.16. The summed E-state index contributed by atoms with van der Waals surface area (Å²) in [7, 11) is 1.70. The highest BCUT2D eigenvalue weighted by Crippen LogP contribution is 1.98. The monoisotopic (exact) mass is 262 g/mol. The molecule has 0 aromatic carbocycles. The highest BCUT2D eigenvalue weighted by Gasteiger charge is 1.96. The fourth-order valence-electron chi connectivity index (χ4n) is 1.14. The zero-order valence-electron chi connectivity index (χ0n) is 11.3. The highest BCUT2D eigenvalue weighted by atomic mass is 32.1. The minimum atomic E-state index is 0.688. The van der Waals surface area contributed by atoms with Crippen LogP contribution in [-0.2, 0) is 9.47 Å². The summed E-state index contributed by atoms with van der Waals surface area (Å²) in [5.74, 6) is 0.700. The highest BCUT2D eigenvalue weighted by molar-refractivity contribution is 7.80. The molecule has 0 radical (unpaired) electrons. The van der Waals surface area contributed by atoms with Crippen LogP contribution in [0.4, 0.5) is 0 Å². The smallest absolute Gasteiger partial charge is 0.166 e. The van der Waals surface area contributed by atoms with E-state index in [4.69, 9.17) is 21.7 Å². The van der Waals surface area contributed by atoms with Gasteiger partial charge >= 0.3 is 0 Å². The molecule has 0 rings (SSSR count). The number of nitrogens with one attached hydrogen (secondary N) is 2. The molecule has 0 spiro atoms. The molecular weight excluding hydrogens is 236 g/mol. The number of rotatable bonds is 10. The summed E-state index contributed by atoms with van der Waals surface area (Å²) >= 11 is 5.10. The molecular formula is C12H26N2O2S. The number of thiocarbonyl (C=S) groups is 1. The van der Waals surface area contributed by atoms with E-state index in [1.807, 2.05) is 0 Å². The van der Waals surface area contributed by atoms with Crippen LogP contribution in [0.25, 0.3) is 0 Å². The van der Waals surface area contributed by atoms with Gasteiger partial charge in [-0.3, -0.25) is 0 Å². The van der Waals surface area contributed by atoms with Crippen molar-refractivity contribution >= 4 is 17.3 Å². The van der Waals surface area contributed by atoms with Crippen molar-refractivity contribution < 1.29 is 9.47 Å². The fraction of sp³-hybridized carbons (Fsp3) is 0.917. The summed E-state index contributed by atoms with van der Waals surface area (Å²) in [4.78, 5) is 0. The van der Waals surface area contributed by atoms with Crippen LogP contribution in [0.15, 0.2) is 0 Å². The summed E-state index contributed by atoms with van der Waals surface area (Å²) in [6, 6.07) is 0. The minimum absolute atomic E-state index is 0.688. The second-order valence-electron chi connectivity index (χ2n) is 4.32. The maximum atomic E-state index is 5.47. The van der Waals surface area contributed by atoms with Crippen molar-refractivity contribution in [2.24, 2.45) is 5.92 Å². The first-order valence-electron chi connectivity index (χ1n) is 6.25. The lowest BCUT2D eigenvalue weighted by molar-refractivity contribution is 0.128. The Morgan fingerprint density at radius 1 is 1.12 bits per heavy atom. The molecule has 0 saturated carbocycles. The van der Waals surface area contributed by atoms with Crippen molar-refractivity contribution in [3.63, 3.8) is 0 Å². The summed E-state index contributed by atoms with van der Waals surface area (Å²) < 4.78 is 10.4. The van der Waals surface area contributed by atoms with Gasteiger partial charge in [-0.1, -0.05) is 13.8 Å². The molecule has 0 unspecified atom stereocenters. The van der Waals surface area contributed by atoms with E-state index in [9.17, 15) is 0 Å². The molecule has 0 aliphatic carbocycles. The second-order valence-corrected chi connectivity index (χ2v) is 4.73. The Balaban J connectivity index is 3.16. The van der Waals surface area contributed by atoms with Gasteiger partial charge in [0.1, 0.15) is 0 Å². The van der Waals surface area contributed by atoms with E-state index in [0.29, 0.717) is 17.6 Å². The van der Waals surface area contributed by atoms with Crippen molar-refractivity contribution in [1.82, 2.24) is 10.6 Å². The van der Waals surface area contributed by atoms with Gasteiger partial charge in [0.25, 0.3) is 0 Å². The Hall–Kier alpha value is -0.390. The number of methoxy groups -OCH3 is 1. The first kappa shape index (κ1) is 16.6. The molecule has 0 aliphatic heterocycles. The molecule has 0 fully saturated rings. The summed E-state index contributed by atoms with van der Waals surface area (Å²) in [5, 5.41) is 6.90. The Morgan fingerprint density at radius 2 is 1.82 bits per heavy atom. The van der Waals surface area contributed by atoms with Gasteiger partial charge in [-0.25, -0.2) is 0 Å². The van der Waals surface area contributed by atoms with Crippen LogP contribution in [0.5, 0.6) is 0 Å². The van der Waals surface area contributed by atoms with E-state index in [0.717, 1.165) is 39.1 Å². The maximum Gasteiger partial charge on any atom is 0.166 e. The Kier molecular flexibility index (Phi) is 11.8. The molecule has 0 aromatic heterocycles. The summed E-state index contributed by atoms with van der Waals surface area (Å²) in [5.41, 5.74) is 0. The van der Waals surface area contributed by atoms with Gasteiger partial charge in [0.05, 0.1) is 6.61 Å². The van der Waals surface area contributed by atoms with Crippen LogP contribution in [0, 0.1) is 5.92 Å². The first-order valence-corrected chi connectivity index (χ1v) is 6.66. The van der Waals surface area contributed by atoms with E-state index in [1.54, 1.807) is 7.11 Å². The number of hydrogen-bond acceptors (Lipinski definition) is 3. The summed E-state index contributed by atoms with van der Waals surface area (Å²) in [6.07, 6.45) is 2.07. The van der Waals surface area contributed by atoms with Crippen LogP contribution < -0.4 is 10.6 Å². The predicted octanol–water partition coefficient (Wildman–Crippen LogP) is 1.55.